The Hall–Kier alpha value is -3.39. The molecule has 166 valence electrons. The lowest BCUT2D eigenvalue weighted by molar-refractivity contribution is -0.136. The number of rotatable bonds is 6. The summed E-state index contributed by atoms with van der Waals surface area (Å²) < 4.78 is 54.4. The fourth-order valence-corrected chi connectivity index (χ4v) is 3.20. The molecule has 0 aromatic heterocycles. The molecule has 0 unspecified atom stereocenters. The number of hydrogen-bond acceptors (Lipinski definition) is 2. The van der Waals surface area contributed by atoms with Crippen LogP contribution in [-0.2, 0) is 17.4 Å². The van der Waals surface area contributed by atoms with Crippen LogP contribution in [0, 0.1) is 5.82 Å². The number of hydrogen-bond donors (Lipinski definition) is 2. The van der Waals surface area contributed by atoms with Crippen LogP contribution in [0.15, 0.2) is 66.7 Å². The van der Waals surface area contributed by atoms with E-state index in [1.807, 2.05) is 0 Å². The number of carbonyl (C=O) groups is 2. The molecule has 32 heavy (non-hydrogen) atoms. The summed E-state index contributed by atoms with van der Waals surface area (Å²) in [5.41, 5.74) is -1.40. The quantitative estimate of drug-likeness (QED) is 0.419. The summed E-state index contributed by atoms with van der Waals surface area (Å²) in [5.74, 6) is -2.32. The van der Waals surface area contributed by atoms with Crippen LogP contribution in [0.1, 0.15) is 27.9 Å². The minimum Gasteiger partial charge on any atom is -0.325 e. The number of amides is 2. The third kappa shape index (κ3) is 5.85. The van der Waals surface area contributed by atoms with Crippen LogP contribution >= 0.6 is 11.6 Å². The molecule has 0 aliphatic rings. The SMILES string of the molecule is O=C(CCc1ccccc1Cl)Nc1ccc(NC(=O)c2ccccc2F)cc1C(F)(F)F. The van der Waals surface area contributed by atoms with E-state index in [2.05, 4.69) is 10.6 Å². The van der Waals surface area contributed by atoms with E-state index in [0.717, 1.165) is 12.1 Å². The lowest BCUT2D eigenvalue weighted by Crippen LogP contribution is -2.18. The molecule has 0 heterocycles. The summed E-state index contributed by atoms with van der Waals surface area (Å²) in [4.78, 5) is 24.4. The van der Waals surface area contributed by atoms with E-state index in [1.165, 1.54) is 24.3 Å². The number of nitrogens with one attached hydrogen (secondary N) is 2. The van der Waals surface area contributed by atoms with E-state index in [1.54, 1.807) is 24.3 Å². The monoisotopic (exact) mass is 464 g/mol. The summed E-state index contributed by atoms with van der Waals surface area (Å²) in [6, 6.07) is 14.9. The Bertz CT molecular complexity index is 1150. The van der Waals surface area contributed by atoms with Gasteiger partial charge in [0.05, 0.1) is 16.8 Å². The summed E-state index contributed by atoms with van der Waals surface area (Å²) in [5, 5.41) is 4.96. The van der Waals surface area contributed by atoms with Crippen molar-refractivity contribution in [2.24, 2.45) is 0 Å². The second kappa shape index (κ2) is 9.82. The van der Waals surface area contributed by atoms with Gasteiger partial charge in [0.15, 0.2) is 0 Å². The van der Waals surface area contributed by atoms with Crippen molar-refractivity contribution < 1.29 is 27.2 Å². The van der Waals surface area contributed by atoms with Crippen molar-refractivity contribution in [3.05, 3.63) is 94.3 Å². The van der Waals surface area contributed by atoms with Crippen molar-refractivity contribution in [2.45, 2.75) is 19.0 Å². The number of anilines is 2. The smallest absolute Gasteiger partial charge is 0.325 e. The molecule has 0 saturated carbocycles. The normalized spacial score (nSPS) is 11.2. The third-order valence-electron chi connectivity index (χ3n) is 4.55. The van der Waals surface area contributed by atoms with Gasteiger partial charge in [-0.3, -0.25) is 9.59 Å². The molecular formula is C23H17ClF4N2O2. The van der Waals surface area contributed by atoms with E-state index in [-0.39, 0.29) is 24.1 Å². The Morgan fingerprint density at radius 1 is 0.906 bits per heavy atom. The molecule has 0 aliphatic carbocycles. The number of benzene rings is 3. The number of alkyl halides is 3. The van der Waals surface area contributed by atoms with Crippen LogP contribution in [0.3, 0.4) is 0 Å². The molecule has 0 radical (unpaired) electrons. The predicted molar refractivity (Wildman–Crippen MR) is 114 cm³/mol. The molecule has 9 heteroatoms. The van der Waals surface area contributed by atoms with Crippen LogP contribution < -0.4 is 10.6 Å². The van der Waals surface area contributed by atoms with Crippen molar-refractivity contribution in [1.82, 2.24) is 0 Å². The van der Waals surface area contributed by atoms with Crippen molar-refractivity contribution in [3.8, 4) is 0 Å². The molecule has 3 aromatic rings. The highest BCUT2D eigenvalue weighted by atomic mass is 35.5. The maximum atomic E-state index is 13.7. The Morgan fingerprint density at radius 3 is 2.28 bits per heavy atom. The Labute approximate surface area is 186 Å². The van der Waals surface area contributed by atoms with Gasteiger partial charge in [-0.15, -0.1) is 0 Å². The maximum absolute atomic E-state index is 13.7. The summed E-state index contributed by atoms with van der Waals surface area (Å²) in [7, 11) is 0. The van der Waals surface area contributed by atoms with Crippen molar-refractivity contribution in [2.75, 3.05) is 10.6 Å². The molecular weight excluding hydrogens is 448 g/mol. The summed E-state index contributed by atoms with van der Waals surface area (Å²) in [6.45, 7) is 0. The fraction of sp³-hybridized carbons (Fsp3) is 0.130. The van der Waals surface area contributed by atoms with Gasteiger partial charge in [-0.2, -0.15) is 13.2 Å². The van der Waals surface area contributed by atoms with E-state index in [9.17, 15) is 27.2 Å². The first-order valence-corrected chi connectivity index (χ1v) is 9.83. The van der Waals surface area contributed by atoms with Crippen molar-refractivity contribution in [1.29, 1.82) is 0 Å². The predicted octanol–water partition coefficient (Wildman–Crippen LogP) is 6.32. The van der Waals surface area contributed by atoms with E-state index < -0.39 is 35.1 Å². The molecule has 3 aromatic carbocycles. The zero-order valence-corrected chi connectivity index (χ0v) is 17.2. The van der Waals surface area contributed by atoms with Crippen molar-refractivity contribution >= 4 is 34.8 Å². The van der Waals surface area contributed by atoms with Crippen molar-refractivity contribution in [3.63, 3.8) is 0 Å². The molecule has 0 saturated heterocycles. The fourth-order valence-electron chi connectivity index (χ4n) is 2.97. The maximum Gasteiger partial charge on any atom is 0.418 e. The third-order valence-corrected chi connectivity index (χ3v) is 4.92. The standard InChI is InChI=1S/C23H17ClF4N2O2/c24-18-7-3-1-5-14(18)9-12-21(31)30-20-11-10-15(13-17(20)23(26,27)28)29-22(32)16-6-2-4-8-19(16)25/h1-8,10-11,13H,9,12H2,(H,29,32)(H,30,31). The molecule has 0 bridgehead atoms. The molecule has 2 N–H and O–H groups in total. The molecule has 0 atom stereocenters. The van der Waals surface area contributed by atoms with Gasteiger partial charge >= 0.3 is 6.18 Å². The van der Waals surface area contributed by atoms with Gasteiger partial charge in [0.2, 0.25) is 5.91 Å². The minimum atomic E-state index is -4.80. The molecule has 2 amide bonds. The first-order valence-electron chi connectivity index (χ1n) is 9.45. The highest BCUT2D eigenvalue weighted by Gasteiger charge is 2.34. The second-order valence-corrected chi connectivity index (χ2v) is 7.24. The highest BCUT2D eigenvalue weighted by molar-refractivity contribution is 6.31. The largest absolute Gasteiger partial charge is 0.418 e. The van der Waals surface area contributed by atoms with Gasteiger partial charge in [0, 0.05) is 17.1 Å². The van der Waals surface area contributed by atoms with Gasteiger partial charge in [0.25, 0.3) is 5.91 Å². The van der Waals surface area contributed by atoms with Gasteiger partial charge in [-0.25, -0.2) is 4.39 Å². The first kappa shape index (κ1) is 23.3. The molecule has 4 nitrogen and oxygen atoms in total. The van der Waals surface area contributed by atoms with Crippen LogP contribution in [0.2, 0.25) is 5.02 Å². The lowest BCUT2D eigenvalue weighted by Gasteiger charge is -2.16. The van der Waals surface area contributed by atoms with Gasteiger partial charge in [-0.1, -0.05) is 41.9 Å². The molecule has 0 fully saturated rings. The van der Waals surface area contributed by atoms with Crippen LogP contribution in [0.25, 0.3) is 0 Å². The van der Waals surface area contributed by atoms with Crippen LogP contribution in [-0.4, -0.2) is 11.8 Å². The minimum absolute atomic E-state index is 0.0766. The number of halogens is 5. The number of aryl methyl sites for hydroxylation is 1. The van der Waals surface area contributed by atoms with Crippen LogP contribution in [0.4, 0.5) is 28.9 Å². The first-order chi connectivity index (χ1) is 15.1. The topological polar surface area (TPSA) is 58.2 Å². The Kier molecular flexibility index (Phi) is 7.15. The van der Waals surface area contributed by atoms with E-state index in [0.29, 0.717) is 16.7 Å². The van der Waals surface area contributed by atoms with Crippen LogP contribution in [0.5, 0.6) is 0 Å². The van der Waals surface area contributed by atoms with Gasteiger partial charge in [-0.05, 0) is 48.4 Å². The zero-order valence-electron chi connectivity index (χ0n) is 16.5. The average molecular weight is 465 g/mol. The average Bonchev–Trinajstić information content (AvgIpc) is 2.73. The highest BCUT2D eigenvalue weighted by Crippen LogP contribution is 2.37. The summed E-state index contributed by atoms with van der Waals surface area (Å²) >= 11 is 6.03. The lowest BCUT2D eigenvalue weighted by atomic mass is 10.1. The summed E-state index contributed by atoms with van der Waals surface area (Å²) in [6.07, 6.45) is -4.62. The van der Waals surface area contributed by atoms with E-state index >= 15 is 0 Å². The Morgan fingerprint density at radius 2 is 1.59 bits per heavy atom. The second-order valence-electron chi connectivity index (χ2n) is 6.83. The van der Waals surface area contributed by atoms with Gasteiger partial charge in [0.1, 0.15) is 5.82 Å². The Balaban J connectivity index is 1.75. The molecule has 0 spiro atoms. The molecule has 3 rings (SSSR count). The molecule has 0 aliphatic heterocycles. The number of carbonyl (C=O) groups excluding carboxylic acids is 2. The van der Waals surface area contributed by atoms with Gasteiger partial charge < -0.3 is 10.6 Å². The van der Waals surface area contributed by atoms with E-state index in [4.69, 9.17) is 11.6 Å². The zero-order chi connectivity index (χ0) is 23.3.